The number of aryl methyl sites for hydroxylation is 1. The lowest BCUT2D eigenvalue weighted by molar-refractivity contribution is 0.0137. The van der Waals surface area contributed by atoms with Gasteiger partial charge in [-0.3, -0.25) is 4.99 Å². The van der Waals surface area contributed by atoms with Gasteiger partial charge in [-0.05, 0) is 27.7 Å². The van der Waals surface area contributed by atoms with E-state index >= 15 is 0 Å². The minimum atomic E-state index is -0.474. The number of ether oxygens (including phenoxy) is 1. The first kappa shape index (κ1) is 20.7. The van der Waals surface area contributed by atoms with Gasteiger partial charge in [0.15, 0.2) is 5.96 Å². The van der Waals surface area contributed by atoms with Gasteiger partial charge < -0.3 is 19.9 Å². The summed E-state index contributed by atoms with van der Waals surface area (Å²) in [6, 6.07) is 10.5. The SMILES string of the molecule is Cc1nc(-c2ccccc2)sc1CNC1=NCC2CN(C(=O)OC(C)(C)C)CCN12. The van der Waals surface area contributed by atoms with Crippen LogP contribution < -0.4 is 5.32 Å². The number of carbonyl (C=O) groups excluding carboxylic acids is 1. The van der Waals surface area contributed by atoms with Crippen LogP contribution in [0.15, 0.2) is 35.3 Å². The molecule has 3 heterocycles. The third-order valence-electron chi connectivity index (χ3n) is 5.18. The van der Waals surface area contributed by atoms with Crippen molar-refractivity contribution in [2.24, 2.45) is 4.99 Å². The largest absolute Gasteiger partial charge is 0.444 e. The van der Waals surface area contributed by atoms with E-state index < -0.39 is 5.60 Å². The van der Waals surface area contributed by atoms with Gasteiger partial charge in [-0.1, -0.05) is 30.3 Å². The van der Waals surface area contributed by atoms with Crippen molar-refractivity contribution < 1.29 is 9.53 Å². The van der Waals surface area contributed by atoms with Crippen molar-refractivity contribution in [3.8, 4) is 10.6 Å². The zero-order valence-electron chi connectivity index (χ0n) is 18.0. The molecule has 2 aliphatic rings. The van der Waals surface area contributed by atoms with E-state index in [4.69, 9.17) is 14.7 Å². The predicted octanol–water partition coefficient (Wildman–Crippen LogP) is 3.50. The maximum absolute atomic E-state index is 12.4. The van der Waals surface area contributed by atoms with Crippen LogP contribution in [0.5, 0.6) is 0 Å². The number of thiazole rings is 1. The highest BCUT2D eigenvalue weighted by molar-refractivity contribution is 7.15. The summed E-state index contributed by atoms with van der Waals surface area (Å²) in [5.41, 5.74) is 1.72. The highest BCUT2D eigenvalue weighted by Gasteiger charge is 2.36. The molecule has 1 amide bonds. The summed E-state index contributed by atoms with van der Waals surface area (Å²) < 4.78 is 5.52. The summed E-state index contributed by atoms with van der Waals surface area (Å²) in [6.07, 6.45) is -0.239. The number of rotatable bonds is 3. The van der Waals surface area contributed by atoms with Gasteiger partial charge in [0.25, 0.3) is 0 Å². The van der Waals surface area contributed by atoms with E-state index in [1.165, 1.54) is 4.88 Å². The molecule has 0 radical (unpaired) electrons. The van der Waals surface area contributed by atoms with E-state index in [2.05, 4.69) is 29.3 Å². The maximum Gasteiger partial charge on any atom is 0.410 e. The summed E-state index contributed by atoms with van der Waals surface area (Å²) in [7, 11) is 0. The standard InChI is InChI=1S/C22H29N5O2S/c1-15-18(30-19(25-15)16-8-6-5-7-9-16)13-24-20-23-12-17-14-26(10-11-27(17)20)21(28)29-22(2,3)4/h5-9,17H,10-14H2,1-4H3,(H,23,24). The Balaban J connectivity index is 1.34. The molecule has 1 atom stereocenters. The number of hydrogen-bond donors (Lipinski definition) is 1. The molecule has 30 heavy (non-hydrogen) atoms. The Morgan fingerprint density at radius 2 is 2.03 bits per heavy atom. The Bertz CT molecular complexity index is 935. The highest BCUT2D eigenvalue weighted by atomic mass is 32.1. The van der Waals surface area contributed by atoms with Crippen LogP contribution >= 0.6 is 11.3 Å². The molecule has 1 fully saturated rings. The molecule has 8 heteroatoms. The molecule has 0 saturated carbocycles. The Kier molecular flexibility index (Phi) is 5.69. The number of piperazine rings is 1. The molecule has 0 bridgehead atoms. The number of aliphatic imine (C=N–C) groups is 1. The van der Waals surface area contributed by atoms with Crippen molar-refractivity contribution in [2.75, 3.05) is 26.2 Å². The van der Waals surface area contributed by atoms with E-state index in [1.54, 1.807) is 16.2 Å². The van der Waals surface area contributed by atoms with E-state index in [-0.39, 0.29) is 12.1 Å². The highest BCUT2D eigenvalue weighted by Crippen LogP contribution is 2.28. The fourth-order valence-corrected chi connectivity index (χ4v) is 4.69. The molecule has 2 aliphatic heterocycles. The van der Waals surface area contributed by atoms with Gasteiger partial charge in [0.2, 0.25) is 0 Å². The second-order valence-corrected chi connectivity index (χ2v) is 9.77. The normalized spacial score (nSPS) is 18.8. The fourth-order valence-electron chi connectivity index (χ4n) is 3.68. The zero-order valence-corrected chi connectivity index (χ0v) is 18.8. The first-order valence-corrected chi connectivity index (χ1v) is 11.2. The van der Waals surface area contributed by atoms with Gasteiger partial charge >= 0.3 is 6.09 Å². The van der Waals surface area contributed by atoms with Crippen LogP contribution in [0.2, 0.25) is 0 Å². The van der Waals surface area contributed by atoms with Crippen molar-refractivity contribution in [3.05, 3.63) is 40.9 Å². The van der Waals surface area contributed by atoms with Crippen LogP contribution in [0.4, 0.5) is 4.79 Å². The molecule has 7 nitrogen and oxygen atoms in total. The smallest absolute Gasteiger partial charge is 0.410 e. The van der Waals surface area contributed by atoms with E-state index in [0.29, 0.717) is 26.2 Å². The third kappa shape index (κ3) is 4.59. The van der Waals surface area contributed by atoms with Crippen molar-refractivity contribution >= 4 is 23.4 Å². The van der Waals surface area contributed by atoms with Gasteiger partial charge in [-0.2, -0.15) is 0 Å². The van der Waals surface area contributed by atoms with Crippen molar-refractivity contribution in [1.29, 1.82) is 0 Å². The molecule has 1 saturated heterocycles. The van der Waals surface area contributed by atoms with Crippen LogP contribution in [0, 0.1) is 6.92 Å². The number of nitrogens with one attached hydrogen (secondary N) is 1. The van der Waals surface area contributed by atoms with E-state index in [0.717, 1.165) is 28.8 Å². The molecular weight excluding hydrogens is 398 g/mol. The van der Waals surface area contributed by atoms with Crippen molar-refractivity contribution in [2.45, 2.75) is 45.9 Å². The molecule has 4 rings (SSSR count). The average molecular weight is 428 g/mol. The minimum Gasteiger partial charge on any atom is -0.444 e. The quantitative estimate of drug-likeness (QED) is 0.812. The summed E-state index contributed by atoms with van der Waals surface area (Å²) in [5.74, 6) is 0.915. The van der Waals surface area contributed by atoms with Crippen LogP contribution in [0.3, 0.4) is 0 Å². The summed E-state index contributed by atoms with van der Waals surface area (Å²) in [4.78, 5) is 27.1. The van der Waals surface area contributed by atoms with Crippen molar-refractivity contribution in [1.82, 2.24) is 20.1 Å². The lowest BCUT2D eigenvalue weighted by Crippen LogP contribution is -2.57. The fraction of sp³-hybridized carbons (Fsp3) is 0.500. The Hall–Kier alpha value is -2.61. The van der Waals surface area contributed by atoms with Crippen LogP contribution in [0.25, 0.3) is 10.6 Å². The first-order chi connectivity index (χ1) is 14.3. The second-order valence-electron chi connectivity index (χ2n) is 8.69. The number of amides is 1. The number of carbonyl (C=O) groups is 1. The van der Waals surface area contributed by atoms with Gasteiger partial charge in [-0.25, -0.2) is 9.78 Å². The van der Waals surface area contributed by atoms with Crippen LogP contribution in [-0.2, 0) is 11.3 Å². The lowest BCUT2D eigenvalue weighted by atomic mass is 10.2. The third-order valence-corrected chi connectivity index (χ3v) is 6.39. The molecule has 1 aromatic heterocycles. The number of guanidine groups is 1. The van der Waals surface area contributed by atoms with Gasteiger partial charge in [-0.15, -0.1) is 11.3 Å². The zero-order chi connectivity index (χ0) is 21.3. The maximum atomic E-state index is 12.4. The molecular formula is C22H29N5O2S. The van der Waals surface area contributed by atoms with Crippen LogP contribution in [-0.4, -0.2) is 64.7 Å². The predicted molar refractivity (Wildman–Crippen MR) is 120 cm³/mol. The summed E-state index contributed by atoms with van der Waals surface area (Å²) >= 11 is 1.72. The summed E-state index contributed by atoms with van der Waals surface area (Å²) in [5, 5.41) is 4.54. The monoisotopic (exact) mass is 427 g/mol. The topological polar surface area (TPSA) is 70.1 Å². The molecule has 1 N–H and O–H groups in total. The number of fused-ring (bicyclic) bond motifs is 1. The number of hydrogen-bond acceptors (Lipinski definition) is 7. The molecule has 0 spiro atoms. The second kappa shape index (κ2) is 8.26. The molecule has 2 aromatic rings. The number of nitrogens with zero attached hydrogens (tertiary/aromatic N) is 4. The van der Waals surface area contributed by atoms with E-state index in [9.17, 15) is 4.79 Å². The molecule has 160 valence electrons. The van der Waals surface area contributed by atoms with Gasteiger partial charge in [0.05, 0.1) is 24.8 Å². The Morgan fingerprint density at radius 1 is 1.27 bits per heavy atom. The minimum absolute atomic E-state index is 0.205. The lowest BCUT2D eigenvalue weighted by Gasteiger charge is -2.39. The Labute approximate surface area is 181 Å². The molecule has 0 aliphatic carbocycles. The van der Waals surface area contributed by atoms with Gasteiger partial charge in [0.1, 0.15) is 10.6 Å². The summed E-state index contributed by atoms with van der Waals surface area (Å²) in [6.45, 7) is 11.2. The van der Waals surface area contributed by atoms with E-state index in [1.807, 2.05) is 39.0 Å². The van der Waals surface area contributed by atoms with Crippen LogP contribution in [0.1, 0.15) is 31.3 Å². The number of benzene rings is 1. The Morgan fingerprint density at radius 3 is 2.77 bits per heavy atom. The van der Waals surface area contributed by atoms with Crippen molar-refractivity contribution in [3.63, 3.8) is 0 Å². The van der Waals surface area contributed by atoms with Gasteiger partial charge in [0, 0.05) is 30.1 Å². The first-order valence-electron chi connectivity index (χ1n) is 10.3. The molecule has 1 aromatic carbocycles. The average Bonchev–Trinajstić information content (AvgIpc) is 3.28. The number of aromatic nitrogens is 1. The molecule has 1 unspecified atom stereocenters.